The first kappa shape index (κ1) is 17.9. The van der Waals surface area contributed by atoms with Crippen LogP contribution in [0.4, 0.5) is 11.4 Å². The Labute approximate surface area is 152 Å². The topological polar surface area (TPSA) is 79.4 Å². The van der Waals surface area contributed by atoms with Crippen molar-refractivity contribution in [1.82, 2.24) is 4.98 Å². The Kier molecular flexibility index (Phi) is 4.90. The molecule has 3 aromatic rings. The zero-order valence-electron chi connectivity index (χ0n) is 14.5. The molecular formula is C19H19N3O3S. The molecule has 0 aliphatic carbocycles. The first-order valence-corrected chi connectivity index (χ1v) is 9.87. The standard InChI is InChI=1S/C19H19N3O3S/c1-14-7-3-6-10-18(14)22(26(2,24)25)13-19(23)21-16-11-15-8-4-5-9-17(15)20-12-16/h3-12H,13H2,1-2H3,(H,21,23). The summed E-state index contributed by atoms with van der Waals surface area (Å²) in [6, 6.07) is 16.4. The predicted molar refractivity (Wildman–Crippen MR) is 104 cm³/mol. The van der Waals surface area contributed by atoms with E-state index in [4.69, 9.17) is 0 Å². The van der Waals surface area contributed by atoms with Gasteiger partial charge in [0, 0.05) is 5.39 Å². The molecule has 1 N–H and O–H groups in total. The highest BCUT2D eigenvalue weighted by atomic mass is 32.2. The third-order valence-electron chi connectivity index (χ3n) is 3.95. The molecule has 1 aromatic heterocycles. The van der Waals surface area contributed by atoms with E-state index >= 15 is 0 Å². The van der Waals surface area contributed by atoms with Gasteiger partial charge >= 0.3 is 0 Å². The lowest BCUT2D eigenvalue weighted by atomic mass is 10.2. The second-order valence-electron chi connectivity index (χ2n) is 6.02. The summed E-state index contributed by atoms with van der Waals surface area (Å²) < 4.78 is 25.5. The van der Waals surface area contributed by atoms with E-state index in [-0.39, 0.29) is 6.54 Å². The van der Waals surface area contributed by atoms with Gasteiger partial charge in [0.25, 0.3) is 0 Å². The minimum Gasteiger partial charge on any atom is -0.323 e. The van der Waals surface area contributed by atoms with Gasteiger partial charge in [-0.1, -0.05) is 36.4 Å². The van der Waals surface area contributed by atoms with Gasteiger partial charge in [0.05, 0.1) is 29.3 Å². The highest BCUT2D eigenvalue weighted by Crippen LogP contribution is 2.22. The number of pyridine rings is 1. The van der Waals surface area contributed by atoms with Crippen molar-refractivity contribution in [3.05, 3.63) is 66.4 Å². The molecule has 0 radical (unpaired) electrons. The number of nitrogens with one attached hydrogen (secondary N) is 1. The molecule has 1 amide bonds. The maximum Gasteiger partial charge on any atom is 0.245 e. The van der Waals surface area contributed by atoms with E-state index in [0.29, 0.717) is 11.4 Å². The van der Waals surface area contributed by atoms with Crippen LogP contribution in [0.1, 0.15) is 5.56 Å². The van der Waals surface area contributed by atoms with Crippen molar-refractivity contribution < 1.29 is 13.2 Å². The van der Waals surface area contributed by atoms with Crippen molar-refractivity contribution in [1.29, 1.82) is 0 Å². The Hall–Kier alpha value is -2.93. The number of para-hydroxylation sites is 2. The van der Waals surface area contributed by atoms with Crippen molar-refractivity contribution in [2.75, 3.05) is 22.4 Å². The van der Waals surface area contributed by atoms with Gasteiger partial charge in [0.2, 0.25) is 15.9 Å². The number of fused-ring (bicyclic) bond motifs is 1. The van der Waals surface area contributed by atoms with E-state index in [9.17, 15) is 13.2 Å². The van der Waals surface area contributed by atoms with Crippen LogP contribution in [0.5, 0.6) is 0 Å². The summed E-state index contributed by atoms with van der Waals surface area (Å²) in [4.78, 5) is 16.7. The van der Waals surface area contributed by atoms with Gasteiger partial charge in [0.1, 0.15) is 6.54 Å². The molecule has 0 saturated carbocycles. The molecule has 0 unspecified atom stereocenters. The average molecular weight is 369 g/mol. The lowest BCUT2D eigenvalue weighted by Gasteiger charge is -2.23. The van der Waals surface area contributed by atoms with E-state index < -0.39 is 15.9 Å². The number of rotatable bonds is 5. The van der Waals surface area contributed by atoms with E-state index in [0.717, 1.165) is 27.0 Å². The van der Waals surface area contributed by atoms with Crippen LogP contribution in [0.3, 0.4) is 0 Å². The number of aromatic nitrogens is 1. The van der Waals surface area contributed by atoms with E-state index in [1.807, 2.05) is 30.3 Å². The number of carbonyl (C=O) groups excluding carboxylic acids is 1. The number of amides is 1. The van der Waals surface area contributed by atoms with Crippen molar-refractivity contribution in [2.24, 2.45) is 0 Å². The van der Waals surface area contributed by atoms with E-state index in [1.165, 1.54) is 0 Å². The van der Waals surface area contributed by atoms with Crippen LogP contribution in [0, 0.1) is 6.92 Å². The van der Waals surface area contributed by atoms with Crippen LogP contribution >= 0.6 is 0 Å². The molecule has 0 spiro atoms. The molecule has 134 valence electrons. The zero-order chi connectivity index (χ0) is 18.7. The first-order chi connectivity index (χ1) is 12.3. The highest BCUT2D eigenvalue weighted by Gasteiger charge is 2.22. The Balaban J connectivity index is 1.82. The molecule has 0 saturated heterocycles. The maximum atomic E-state index is 12.4. The molecule has 1 heterocycles. The van der Waals surface area contributed by atoms with Crippen molar-refractivity contribution in [3.63, 3.8) is 0 Å². The normalized spacial score (nSPS) is 11.3. The molecular weight excluding hydrogens is 350 g/mol. The summed E-state index contributed by atoms with van der Waals surface area (Å²) >= 11 is 0. The fraction of sp³-hybridized carbons (Fsp3) is 0.158. The molecule has 3 rings (SSSR count). The fourth-order valence-electron chi connectivity index (χ4n) is 2.69. The zero-order valence-corrected chi connectivity index (χ0v) is 15.3. The maximum absolute atomic E-state index is 12.4. The van der Waals surface area contributed by atoms with Crippen LogP contribution in [0.15, 0.2) is 60.8 Å². The van der Waals surface area contributed by atoms with Gasteiger partial charge in [-0.25, -0.2) is 8.42 Å². The van der Waals surface area contributed by atoms with Crippen LogP contribution in [0.2, 0.25) is 0 Å². The van der Waals surface area contributed by atoms with E-state index in [2.05, 4.69) is 10.3 Å². The summed E-state index contributed by atoms with van der Waals surface area (Å²) in [7, 11) is -3.61. The number of hydrogen-bond acceptors (Lipinski definition) is 4. The molecule has 0 aliphatic heterocycles. The lowest BCUT2D eigenvalue weighted by Crippen LogP contribution is -2.37. The summed E-state index contributed by atoms with van der Waals surface area (Å²) in [6.07, 6.45) is 2.64. The summed E-state index contributed by atoms with van der Waals surface area (Å²) in [5, 5.41) is 3.61. The van der Waals surface area contributed by atoms with Crippen molar-refractivity contribution >= 4 is 38.2 Å². The Bertz CT molecular complexity index is 1060. The number of sulfonamides is 1. The number of nitrogens with zero attached hydrogens (tertiary/aromatic N) is 2. The van der Waals surface area contributed by atoms with E-state index in [1.54, 1.807) is 37.4 Å². The molecule has 2 aromatic carbocycles. The Morgan fingerprint density at radius 3 is 2.54 bits per heavy atom. The van der Waals surface area contributed by atoms with Gasteiger partial charge in [-0.15, -0.1) is 0 Å². The molecule has 0 fully saturated rings. The fourth-order valence-corrected chi connectivity index (χ4v) is 3.61. The van der Waals surface area contributed by atoms with Gasteiger partial charge < -0.3 is 5.32 Å². The van der Waals surface area contributed by atoms with Crippen molar-refractivity contribution in [3.8, 4) is 0 Å². The molecule has 6 nitrogen and oxygen atoms in total. The van der Waals surface area contributed by atoms with Gasteiger partial charge in [-0.05, 0) is 30.7 Å². The lowest BCUT2D eigenvalue weighted by molar-refractivity contribution is -0.114. The number of benzene rings is 2. The monoisotopic (exact) mass is 369 g/mol. The SMILES string of the molecule is Cc1ccccc1N(CC(=O)Nc1cnc2ccccc2c1)S(C)(=O)=O. The van der Waals surface area contributed by atoms with Crippen LogP contribution in [-0.2, 0) is 14.8 Å². The third-order valence-corrected chi connectivity index (χ3v) is 5.07. The van der Waals surface area contributed by atoms with Crippen LogP contribution in [-0.4, -0.2) is 32.1 Å². The highest BCUT2D eigenvalue weighted by molar-refractivity contribution is 7.92. The van der Waals surface area contributed by atoms with Crippen molar-refractivity contribution in [2.45, 2.75) is 6.92 Å². The number of anilines is 2. The summed E-state index contributed by atoms with van der Waals surface area (Å²) in [5.74, 6) is -0.434. The second kappa shape index (κ2) is 7.13. The molecule has 0 bridgehead atoms. The van der Waals surface area contributed by atoms with Crippen LogP contribution < -0.4 is 9.62 Å². The molecule has 0 aliphatic rings. The minimum atomic E-state index is -3.61. The minimum absolute atomic E-state index is 0.309. The Morgan fingerprint density at radius 1 is 1.12 bits per heavy atom. The summed E-state index contributed by atoms with van der Waals surface area (Å²) in [6.45, 7) is 1.50. The predicted octanol–water partition coefficient (Wildman–Crippen LogP) is 2.95. The first-order valence-electron chi connectivity index (χ1n) is 8.02. The number of carbonyl (C=O) groups is 1. The quantitative estimate of drug-likeness (QED) is 0.750. The number of hydrogen-bond donors (Lipinski definition) is 1. The molecule has 26 heavy (non-hydrogen) atoms. The molecule has 0 atom stereocenters. The number of aryl methyl sites for hydroxylation is 1. The smallest absolute Gasteiger partial charge is 0.245 e. The second-order valence-corrected chi connectivity index (χ2v) is 7.93. The van der Waals surface area contributed by atoms with Gasteiger partial charge in [0.15, 0.2) is 0 Å². The average Bonchev–Trinajstić information content (AvgIpc) is 2.59. The Morgan fingerprint density at radius 2 is 1.81 bits per heavy atom. The van der Waals surface area contributed by atoms with Gasteiger partial charge in [-0.3, -0.25) is 14.1 Å². The van der Waals surface area contributed by atoms with Gasteiger partial charge in [-0.2, -0.15) is 0 Å². The molecule has 7 heteroatoms. The summed E-state index contributed by atoms with van der Waals surface area (Å²) in [5.41, 5.74) is 2.61. The largest absolute Gasteiger partial charge is 0.323 e. The van der Waals surface area contributed by atoms with Crippen LogP contribution in [0.25, 0.3) is 10.9 Å². The third kappa shape index (κ3) is 4.00.